The molecule has 3 N–H and O–H groups in total. The zero-order valence-corrected chi connectivity index (χ0v) is 27.8. The molecule has 0 aromatic heterocycles. The third-order valence-electron chi connectivity index (χ3n) is 10.3. The van der Waals surface area contributed by atoms with Crippen molar-refractivity contribution in [2.24, 2.45) is 0 Å². The van der Waals surface area contributed by atoms with Crippen molar-refractivity contribution in [2.45, 2.75) is 69.8 Å². The second-order valence-corrected chi connectivity index (χ2v) is 13.4. The van der Waals surface area contributed by atoms with E-state index in [0.717, 1.165) is 30.2 Å². The van der Waals surface area contributed by atoms with Gasteiger partial charge in [0.25, 0.3) is 5.91 Å². The Labute approximate surface area is 284 Å². The molecule has 4 aliphatic heterocycles. The van der Waals surface area contributed by atoms with Crippen molar-refractivity contribution >= 4 is 29.4 Å². The first-order chi connectivity index (χ1) is 23.5. The van der Waals surface area contributed by atoms with Gasteiger partial charge in [-0.3, -0.25) is 9.69 Å². The Morgan fingerprint density at radius 2 is 1.65 bits per heavy atom. The Bertz CT molecular complexity index is 1520. The SMILES string of the molecule is Cc1cc(C[C@@H](OC(=O)N2CCC(N3CCc4ccccc4NC3=O)CC2)C(=O)N2CCN(C3CCOCC3)CC2)cc(C(F)(F)F)c1N. The average Bonchev–Trinajstić information content (AvgIpc) is 3.27. The first-order valence-corrected chi connectivity index (χ1v) is 17.2. The first-order valence-electron chi connectivity index (χ1n) is 17.2. The van der Waals surface area contributed by atoms with E-state index in [1.165, 1.54) is 17.9 Å². The van der Waals surface area contributed by atoms with Crippen molar-refractivity contribution in [1.82, 2.24) is 19.6 Å². The van der Waals surface area contributed by atoms with Crippen LogP contribution in [-0.4, -0.2) is 115 Å². The quantitative estimate of drug-likeness (QED) is 0.429. The number of nitrogens with two attached hydrogens (primary N) is 1. The second-order valence-electron chi connectivity index (χ2n) is 13.4. The van der Waals surface area contributed by atoms with Gasteiger partial charge in [-0.25, -0.2) is 9.59 Å². The zero-order chi connectivity index (χ0) is 34.7. The number of rotatable bonds is 6. The van der Waals surface area contributed by atoms with Gasteiger partial charge in [0.15, 0.2) is 6.10 Å². The number of hydrogen-bond donors (Lipinski definition) is 2. The van der Waals surface area contributed by atoms with E-state index in [-0.39, 0.29) is 35.3 Å². The summed E-state index contributed by atoms with van der Waals surface area (Å²) in [4.78, 5) is 47.9. The molecule has 2 aromatic carbocycles. The van der Waals surface area contributed by atoms with Crippen LogP contribution in [0.5, 0.6) is 0 Å². The maximum atomic E-state index is 14.0. The number of nitrogens with zero attached hydrogens (tertiary/aromatic N) is 4. The molecule has 3 fully saturated rings. The number of halogens is 3. The molecule has 266 valence electrons. The number of carbonyl (C=O) groups excluding carboxylic acids is 3. The van der Waals surface area contributed by atoms with Crippen LogP contribution in [0, 0.1) is 6.92 Å². The number of ether oxygens (including phenoxy) is 2. The predicted molar refractivity (Wildman–Crippen MR) is 177 cm³/mol. The van der Waals surface area contributed by atoms with Crippen LogP contribution in [0.1, 0.15) is 47.9 Å². The van der Waals surface area contributed by atoms with Crippen LogP contribution in [0.15, 0.2) is 36.4 Å². The number of para-hydroxylation sites is 1. The van der Waals surface area contributed by atoms with Gasteiger partial charge in [-0.2, -0.15) is 13.2 Å². The molecule has 1 atom stereocenters. The van der Waals surface area contributed by atoms with E-state index in [2.05, 4.69) is 10.2 Å². The van der Waals surface area contributed by atoms with Gasteiger partial charge in [0.2, 0.25) is 0 Å². The summed E-state index contributed by atoms with van der Waals surface area (Å²) < 4.78 is 52.9. The smallest absolute Gasteiger partial charge is 0.418 e. The van der Waals surface area contributed by atoms with E-state index in [4.69, 9.17) is 15.2 Å². The van der Waals surface area contributed by atoms with Crippen LogP contribution >= 0.6 is 0 Å². The lowest BCUT2D eigenvalue weighted by molar-refractivity contribution is -0.143. The minimum Gasteiger partial charge on any atom is -0.436 e. The molecule has 14 heteroatoms. The van der Waals surface area contributed by atoms with E-state index in [1.54, 1.807) is 4.90 Å². The molecule has 2 aromatic rings. The van der Waals surface area contributed by atoms with Crippen molar-refractivity contribution in [2.75, 3.05) is 70.1 Å². The van der Waals surface area contributed by atoms with Crippen molar-refractivity contribution in [3.8, 4) is 0 Å². The summed E-state index contributed by atoms with van der Waals surface area (Å²) >= 11 is 0. The van der Waals surface area contributed by atoms with E-state index in [1.807, 2.05) is 29.2 Å². The van der Waals surface area contributed by atoms with Crippen LogP contribution < -0.4 is 11.1 Å². The number of piperidine rings is 1. The van der Waals surface area contributed by atoms with E-state index < -0.39 is 29.8 Å². The molecule has 3 saturated heterocycles. The number of carbonyl (C=O) groups is 3. The number of fused-ring (bicyclic) bond motifs is 1. The third kappa shape index (κ3) is 8.07. The monoisotopic (exact) mass is 686 g/mol. The highest BCUT2D eigenvalue weighted by Gasteiger charge is 2.38. The van der Waals surface area contributed by atoms with Crippen LogP contribution in [-0.2, 0) is 33.3 Å². The fraction of sp³-hybridized carbons (Fsp3) is 0.571. The molecular weight excluding hydrogens is 641 g/mol. The Morgan fingerprint density at radius 3 is 2.35 bits per heavy atom. The fourth-order valence-corrected chi connectivity index (χ4v) is 7.47. The number of amides is 4. The van der Waals surface area contributed by atoms with Gasteiger partial charge in [-0.15, -0.1) is 0 Å². The highest BCUT2D eigenvalue weighted by atomic mass is 19.4. The number of nitrogen functional groups attached to an aromatic ring is 1. The number of hydrogen-bond acceptors (Lipinski definition) is 7. The largest absolute Gasteiger partial charge is 0.436 e. The van der Waals surface area contributed by atoms with Gasteiger partial charge in [0.1, 0.15) is 0 Å². The molecule has 0 unspecified atom stereocenters. The number of piperazine rings is 1. The Balaban J connectivity index is 1.12. The molecule has 4 heterocycles. The Morgan fingerprint density at radius 1 is 0.959 bits per heavy atom. The molecule has 6 rings (SSSR count). The maximum Gasteiger partial charge on any atom is 0.418 e. The number of likely N-dealkylation sites (tertiary alicyclic amines) is 1. The van der Waals surface area contributed by atoms with Gasteiger partial charge in [0.05, 0.1) is 5.56 Å². The lowest BCUT2D eigenvalue weighted by Gasteiger charge is -2.41. The van der Waals surface area contributed by atoms with Crippen LogP contribution in [0.2, 0.25) is 0 Å². The minimum absolute atomic E-state index is 0.0821. The van der Waals surface area contributed by atoms with Crippen molar-refractivity contribution in [3.05, 3.63) is 58.7 Å². The number of urea groups is 1. The average molecular weight is 687 g/mol. The fourth-order valence-electron chi connectivity index (χ4n) is 7.47. The Kier molecular flexibility index (Phi) is 10.5. The van der Waals surface area contributed by atoms with Gasteiger partial charge in [0, 0.05) is 88.9 Å². The molecule has 0 bridgehead atoms. The molecule has 11 nitrogen and oxygen atoms in total. The summed E-state index contributed by atoms with van der Waals surface area (Å²) in [6.45, 7) is 6.22. The molecule has 49 heavy (non-hydrogen) atoms. The van der Waals surface area contributed by atoms with Gasteiger partial charge < -0.3 is 35.2 Å². The number of benzene rings is 2. The van der Waals surface area contributed by atoms with Crippen molar-refractivity contribution < 1.29 is 37.0 Å². The summed E-state index contributed by atoms with van der Waals surface area (Å²) in [7, 11) is 0. The van der Waals surface area contributed by atoms with Crippen LogP contribution in [0.3, 0.4) is 0 Å². The topological polar surface area (TPSA) is 121 Å². The van der Waals surface area contributed by atoms with Gasteiger partial charge in [-0.1, -0.05) is 24.3 Å². The third-order valence-corrected chi connectivity index (χ3v) is 10.3. The van der Waals surface area contributed by atoms with Gasteiger partial charge in [-0.05, 0) is 67.9 Å². The number of alkyl halides is 3. The maximum absolute atomic E-state index is 14.0. The summed E-state index contributed by atoms with van der Waals surface area (Å²) in [6, 6.07) is 10.3. The minimum atomic E-state index is -4.68. The Hall–Kier alpha value is -4.04. The molecule has 0 saturated carbocycles. The predicted octanol–water partition coefficient (Wildman–Crippen LogP) is 4.52. The summed E-state index contributed by atoms with van der Waals surface area (Å²) in [5, 5.41) is 2.99. The number of aryl methyl sites for hydroxylation is 1. The lowest BCUT2D eigenvalue weighted by Crippen LogP contribution is -2.56. The van der Waals surface area contributed by atoms with E-state index in [0.29, 0.717) is 84.3 Å². The highest BCUT2D eigenvalue weighted by Crippen LogP contribution is 2.36. The van der Waals surface area contributed by atoms with Crippen LogP contribution in [0.25, 0.3) is 0 Å². The molecule has 0 aliphatic carbocycles. The molecule has 4 amide bonds. The van der Waals surface area contributed by atoms with Crippen LogP contribution in [0.4, 0.5) is 34.1 Å². The summed E-state index contributed by atoms with van der Waals surface area (Å²) in [5.74, 6) is -0.432. The number of anilines is 2. The normalized spacial score (nSPS) is 20.7. The first kappa shape index (κ1) is 34.8. The molecule has 0 radical (unpaired) electrons. The zero-order valence-electron chi connectivity index (χ0n) is 27.8. The molecule has 0 spiro atoms. The van der Waals surface area contributed by atoms with E-state index >= 15 is 0 Å². The molecule has 4 aliphatic rings. The standard InChI is InChI=1S/C35H45F3N6O5/c1-23-20-24(21-28(31(23)39)35(36,37)38)22-30(32(45)42-16-14-41(15-17-42)26-9-18-48-19-10-26)49-34(47)43-11-7-27(8-12-43)44-13-6-25-4-2-3-5-29(25)40-33(44)46/h2-5,20-21,26-27,30H,6-19,22,39H2,1H3,(H,40,46)/t30-/m1/s1. The number of nitrogens with one attached hydrogen (secondary N) is 1. The molecular formula is C35H45F3N6O5. The van der Waals surface area contributed by atoms with Crippen molar-refractivity contribution in [1.29, 1.82) is 0 Å². The van der Waals surface area contributed by atoms with Crippen molar-refractivity contribution in [3.63, 3.8) is 0 Å². The highest BCUT2D eigenvalue weighted by molar-refractivity contribution is 5.91. The lowest BCUT2D eigenvalue weighted by atomic mass is 9.98. The summed E-state index contributed by atoms with van der Waals surface area (Å²) in [6.07, 6.45) is -3.30. The summed E-state index contributed by atoms with van der Waals surface area (Å²) in [5.41, 5.74) is 6.73. The van der Waals surface area contributed by atoms with E-state index in [9.17, 15) is 27.6 Å². The second kappa shape index (κ2) is 14.8. The van der Waals surface area contributed by atoms with Gasteiger partial charge >= 0.3 is 18.3 Å².